The maximum absolute atomic E-state index is 13.0. The number of thiocarbonyl (C=S) groups is 1. The Morgan fingerprint density at radius 1 is 1.33 bits per heavy atom. The molecule has 6 nitrogen and oxygen atoms in total. The van der Waals surface area contributed by atoms with Crippen LogP contribution < -0.4 is 5.32 Å². The predicted molar refractivity (Wildman–Crippen MR) is 112 cm³/mol. The molecule has 2 aliphatic heterocycles. The van der Waals surface area contributed by atoms with E-state index in [-0.39, 0.29) is 14.8 Å². The number of anilines is 1. The number of carbonyl (C=O) groups is 3. The molecule has 0 bridgehead atoms. The highest BCUT2D eigenvalue weighted by atomic mass is 79.9. The summed E-state index contributed by atoms with van der Waals surface area (Å²) in [6, 6.07) is 4.25. The first-order valence-corrected chi connectivity index (χ1v) is 10.4. The zero-order valence-electron chi connectivity index (χ0n) is 14.6. The largest absolute Gasteiger partial charge is 0.480 e. The molecule has 2 aliphatic rings. The monoisotopic (exact) mass is 468 g/mol. The molecule has 1 aromatic carbocycles. The first kappa shape index (κ1) is 20.0. The lowest BCUT2D eigenvalue weighted by Crippen LogP contribution is -2.44. The molecule has 2 amide bonds. The third-order valence-electron chi connectivity index (χ3n) is 4.37. The predicted octanol–water partition coefficient (Wildman–Crippen LogP) is 3.86. The second-order valence-corrected chi connectivity index (χ2v) is 9.28. The van der Waals surface area contributed by atoms with Gasteiger partial charge in [-0.3, -0.25) is 14.5 Å². The Bertz CT molecular complexity index is 897. The number of halogens is 1. The summed E-state index contributed by atoms with van der Waals surface area (Å²) in [7, 11) is 0. The molecule has 1 fully saturated rings. The minimum absolute atomic E-state index is 0.162. The van der Waals surface area contributed by atoms with Gasteiger partial charge in [-0.05, 0) is 37.0 Å². The maximum Gasteiger partial charge on any atom is 0.326 e. The third kappa shape index (κ3) is 3.81. The summed E-state index contributed by atoms with van der Waals surface area (Å²) in [4.78, 5) is 38.6. The van der Waals surface area contributed by atoms with Gasteiger partial charge in [0, 0.05) is 15.7 Å². The number of hydrogen-bond acceptors (Lipinski definition) is 5. The van der Waals surface area contributed by atoms with Crippen LogP contribution in [0.2, 0.25) is 0 Å². The van der Waals surface area contributed by atoms with Crippen LogP contribution >= 0.6 is 39.9 Å². The van der Waals surface area contributed by atoms with Crippen molar-refractivity contribution in [3.05, 3.63) is 33.1 Å². The Morgan fingerprint density at radius 3 is 2.67 bits per heavy atom. The van der Waals surface area contributed by atoms with Crippen molar-refractivity contribution in [1.29, 1.82) is 0 Å². The van der Waals surface area contributed by atoms with Crippen molar-refractivity contribution in [1.82, 2.24) is 4.90 Å². The molecule has 0 aliphatic carbocycles. The van der Waals surface area contributed by atoms with E-state index >= 15 is 0 Å². The summed E-state index contributed by atoms with van der Waals surface area (Å²) < 4.78 is 0.931. The van der Waals surface area contributed by atoms with Crippen molar-refractivity contribution >= 4 is 73.3 Å². The second-order valence-electron chi connectivity index (χ2n) is 6.72. The molecule has 1 atom stereocenters. The molecule has 0 spiro atoms. The fourth-order valence-electron chi connectivity index (χ4n) is 3.02. The Hall–Kier alpha value is -1.71. The normalized spacial score (nSPS) is 20.3. The first-order chi connectivity index (χ1) is 12.7. The number of nitrogens with one attached hydrogen (secondary N) is 1. The van der Waals surface area contributed by atoms with Gasteiger partial charge in [-0.1, -0.05) is 53.8 Å². The van der Waals surface area contributed by atoms with Crippen molar-refractivity contribution in [2.24, 2.45) is 5.92 Å². The number of amides is 2. The molecule has 1 aromatic rings. The van der Waals surface area contributed by atoms with Crippen molar-refractivity contribution in [2.45, 2.75) is 32.7 Å². The number of hydrogen-bond donors (Lipinski definition) is 2. The Balaban J connectivity index is 2.01. The van der Waals surface area contributed by atoms with Gasteiger partial charge in [0.25, 0.3) is 11.8 Å². The standard InChI is InChI=1S/C18H17BrN2O4S2/c1-8(2)3-6-12(17(24)25)21-16(23)14(27-18(21)26)13-10-7-9(19)4-5-11(10)20-15(13)22/h4-5,7-8,12H,3,6H2,1-2H3,(H,20,22)(H,24,25). The van der Waals surface area contributed by atoms with Gasteiger partial charge in [-0.2, -0.15) is 0 Å². The second kappa shape index (κ2) is 7.73. The average Bonchev–Trinajstić information content (AvgIpc) is 3.04. The highest BCUT2D eigenvalue weighted by molar-refractivity contribution is 9.10. The lowest BCUT2D eigenvalue weighted by molar-refractivity contribution is -0.145. The minimum Gasteiger partial charge on any atom is -0.480 e. The van der Waals surface area contributed by atoms with Crippen LogP contribution in [0.25, 0.3) is 5.57 Å². The first-order valence-electron chi connectivity index (χ1n) is 8.34. The number of carboxylic acids is 1. The summed E-state index contributed by atoms with van der Waals surface area (Å²) in [5.41, 5.74) is 1.45. The van der Waals surface area contributed by atoms with Gasteiger partial charge in [-0.15, -0.1) is 0 Å². The van der Waals surface area contributed by atoms with Crippen LogP contribution in [0.5, 0.6) is 0 Å². The van der Waals surface area contributed by atoms with E-state index in [0.717, 1.165) is 21.1 Å². The van der Waals surface area contributed by atoms with E-state index in [2.05, 4.69) is 21.2 Å². The van der Waals surface area contributed by atoms with E-state index in [1.165, 1.54) is 0 Å². The Morgan fingerprint density at radius 2 is 2.04 bits per heavy atom. The fraction of sp³-hybridized carbons (Fsp3) is 0.333. The summed E-state index contributed by atoms with van der Waals surface area (Å²) >= 11 is 9.65. The topological polar surface area (TPSA) is 86.7 Å². The van der Waals surface area contributed by atoms with Crippen molar-refractivity contribution in [2.75, 3.05) is 5.32 Å². The molecular weight excluding hydrogens is 452 g/mol. The van der Waals surface area contributed by atoms with Crippen LogP contribution in [0.15, 0.2) is 27.6 Å². The summed E-state index contributed by atoms with van der Waals surface area (Å²) in [5, 5.41) is 12.3. The molecule has 142 valence electrons. The van der Waals surface area contributed by atoms with E-state index in [1.54, 1.807) is 18.2 Å². The summed E-state index contributed by atoms with van der Waals surface area (Å²) in [6.45, 7) is 3.98. The molecule has 2 N–H and O–H groups in total. The summed E-state index contributed by atoms with van der Waals surface area (Å²) in [5.74, 6) is -1.72. The van der Waals surface area contributed by atoms with E-state index in [9.17, 15) is 19.5 Å². The van der Waals surface area contributed by atoms with Crippen molar-refractivity contribution in [3.63, 3.8) is 0 Å². The third-order valence-corrected chi connectivity index (χ3v) is 6.26. The van der Waals surface area contributed by atoms with Gasteiger partial charge < -0.3 is 10.4 Å². The molecule has 27 heavy (non-hydrogen) atoms. The van der Waals surface area contributed by atoms with Crippen LogP contribution in [-0.4, -0.2) is 38.2 Å². The average molecular weight is 469 g/mol. The molecule has 0 aromatic heterocycles. The molecule has 2 heterocycles. The van der Waals surface area contributed by atoms with Crippen LogP contribution in [0.1, 0.15) is 32.3 Å². The number of carbonyl (C=O) groups excluding carboxylic acids is 2. The Kier molecular flexibility index (Phi) is 5.73. The maximum atomic E-state index is 13.0. The van der Waals surface area contributed by atoms with Crippen LogP contribution in [0.3, 0.4) is 0 Å². The van der Waals surface area contributed by atoms with Crippen molar-refractivity contribution in [3.8, 4) is 0 Å². The SMILES string of the molecule is CC(C)CCC(C(=O)O)N1C(=O)C(=C2C(=O)Nc3ccc(Br)cc32)SC1=S. The molecule has 1 saturated heterocycles. The zero-order valence-corrected chi connectivity index (χ0v) is 17.8. The summed E-state index contributed by atoms with van der Waals surface area (Å²) in [6.07, 6.45) is 0.951. The number of rotatable bonds is 5. The van der Waals surface area contributed by atoms with Gasteiger partial charge >= 0.3 is 5.97 Å². The van der Waals surface area contributed by atoms with Crippen molar-refractivity contribution < 1.29 is 19.5 Å². The van der Waals surface area contributed by atoms with Gasteiger partial charge in [0.1, 0.15) is 10.4 Å². The number of carboxylic acid groups (broad SMARTS) is 1. The van der Waals surface area contributed by atoms with E-state index in [0.29, 0.717) is 30.0 Å². The number of benzene rings is 1. The van der Waals surface area contributed by atoms with Gasteiger partial charge in [0.2, 0.25) is 0 Å². The van der Waals surface area contributed by atoms with E-state index < -0.39 is 23.8 Å². The molecule has 0 radical (unpaired) electrons. The van der Waals surface area contributed by atoms with E-state index in [4.69, 9.17) is 12.2 Å². The number of fused-ring (bicyclic) bond motifs is 1. The number of aliphatic carboxylic acids is 1. The van der Waals surface area contributed by atoms with Gasteiger partial charge in [0.15, 0.2) is 0 Å². The number of thioether (sulfide) groups is 1. The van der Waals surface area contributed by atoms with Gasteiger partial charge in [0.05, 0.1) is 10.5 Å². The lowest BCUT2D eigenvalue weighted by atomic mass is 10.0. The van der Waals surface area contributed by atoms with Crippen LogP contribution in [-0.2, 0) is 14.4 Å². The highest BCUT2D eigenvalue weighted by Gasteiger charge is 2.44. The highest BCUT2D eigenvalue weighted by Crippen LogP contribution is 2.43. The Labute approximate surface area is 174 Å². The molecule has 0 saturated carbocycles. The number of nitrogens with zero attached hydrogens (tertiary/aromatic N) is 1. The van der Waals surface area contributed by atoms with Gasteiger partial charge in [-0.25, -0.2) is 4.79 Å². The minimum atomic E-state index is -1.10. The van der Waals surface area contributed by atoms with E-state index in [1.807, 2.05) is 13.8 Å². The van der Waals surface area contributed by atoms with Crippen LogP contribution in [0.4, 0.5) is 5.69 Å². The molecule has 9 heteroatoms. The lowest BCUT2D eigenvalue weighted by Gasteiger charge is -2.23. The smallest absolute Gasteiger partial charge is 0.326 e. The molecule has 3 rings (SSSR count). The fourth-order valence-corrected chi connectivity index (χ4v) is 4.81. The molecule has 1 unspecified atom stereocenters. The molecular formula is C18H17BrN2O4S2. The zero-order chi connectivity index (χ0) is 19.9. The van der Waals surface area contributed by atoms with Crippen LogP contribution in [0, 0.1) is 5.92 Å². The quantitative estimate of drug-likeness (QED) is 0.503.